The molecule has 0 N–H and O–H groups in total. The van der Waals surface area contributed by atoms with Gasteiger partial charge in [-0.2, -0.15) is 4.98 Å². The van der Waals surface area contributed by atoms with Gasteiger partial charge in [-0.05, 0) is 6.07 Å². The Balaban J connectivity index is 1.58. The predicted molar refractivity (Wildman–Crippen MR) is 89.0 cm³/mol. The van der Waals surface area contributed by atoms with Gasteiger partial charge in [-0.3, -0.25) is 0 Å². The second-order valence-corrected chi connectivity index (χ2v) is 6.93. The van der Waals surface area contributed by atoms with Crippen molar-refractivity contribution in [3.8, 4) is 10.9 Å². The second kappa shape index (κ2) is 4.30. The summed E-state index contributed by atoms with van der Waals surface area (Å²) in [6, 6.07) is 3.81. The van der Waals surface area contributed by atoms with Crippen molar-refractivity contribution in [2.24, 2.45) is 0 Å². The lowest BCUT2D eigenvalue weighted by atomic mass is 10.4. The van der Waals surface area contributed by atoms with Crippen LogP contribution in [-0.2, 0) is 0 Å². The number of pyridine rings is 2. The molecule has 0 amide bonds. The van der Waals surface area contributed by atoms with Gasteiger partial charge in [0.2, 0.25) is 5.71 Å². The maximum Gasteiger partial charge on any atom is 0.258 e. The van der Waals surface area contributed by atoms with Gasteiger partial charge in [-0.15, -0.1) is 22.7 Å². The van der Waals surface area contributed by atoms with Crippen LogP contribution < -0.4 is 0 Å². The van der Waals surface area contributed by atoms with Crippen LogP contribution in [0.15, 0.2) is 32.9 Å². The SMILES string of the molecule is c1nc2cc3nc(-c4nc5nc6ncsc6cc5s4)oc3nc2o1. The van der Waals surface area contributed by atoms with Crippen LogP contribution in [0.4, 0.5) is 0 Å². The summed E-state index contributed by atoms with van der Waals surface area (Å²) in [5.74, 6) is 0.407. The van der Waals surface area contributed by atoms with Gasteiger partial charge >= 0.3 is 0 Å². The van der Waals surface area contributed by atoms with Gasteiger partial charge in [0, 0.05) is 6.07 Å². The molecule has 0 radical (unpaired) electrons. The van der Waals surface area contributed by atoms with E-state index in [1.807, 2.05) is 6.07 Å². The van der Waals surface area contributed by atoms with Crippen molar-refractivity contribution in [1.29, 1.82) is 0 Å². The van der Waals surface area contributed by atoms with E-state index in [0.29, 0.717) is 44.7 Å². The molecule has 0 aliphatic rings. The second-order valence-electron chi connectivity index (χ2n) is 5.01. The molecule has 0 fully saturated rings. The summed E-state index contributed by atoms with van der Waals surface area (Å²) in [5, 5.41) is 0.651. The zero-order chi connectivity index (χ0) is 15.7. The highest BCUT2D eigenvalue weighted by Gasteiger charge is 2.17. The Morgan fingerprint density at radius 3 is 2.83 bits per heavy atom. The van der Waals surface area contributed by atoms with Crippen molar-refractivity contribution in [2.75, 3.05) is 0 Å². The van der Waals surface area contributed by atoms with E-state index in [-0.39, 0.29) is 0 Å². The van der Waals surface area contributed by atoms with Gasteiger partial charge in [0.1, 0.15) is 11.0 Å². The van der Waals surface area contributed by atoms with Gasteiger partial charge in [0.25, 0.3) is 11.6 Å². The van der Waals surface area contributed by atoms with Crippen LogP contribution in [0.2, 0.25) is 0 Å². The molecule has 0 spiro atoms. The molecule has 6 aromatic heterocycles. The normalized spacial score (nSPS) is 12.2. The summed E-state index contributed by atoms with van der Waals surface area (Å²) in [6.45, 7) is 0. The molecule has 8 nitrogen and oxygen atoms in total. The first-order chi connectivity index (χ1) is 11.8. The maximum absolute atomic E-state index is 5.74. The summed E-state index contributed by atoms with van der Waals surface area (Å²) in [7, 11) is 0. The first-order valence-corrected chi connectivity index (χ1v) is 8.55. The number of aromatic nitrogens is 6. The van der Waals surface area contributed by atoms with Crippen molar-refractivity contribution in [3.63, 3.8) is 0 Å². The molecule has 0 atom stereocenters. The highest BCUT2D eigenvalue weighted by atomic mass is 32.1. The smallest absolute Gasteiger partial charge is 0.258 e. The third-order valence-corrected chi connectivity index (χ3v) is 5.30. The monoisotopic (exact) mass is 352 g/mol. The average molecular weight is 352 g/mol. The van der Waals surface area contributed by atoms with E-state index in [0.717, 1.165) is 9.40 Å². The number of hydrogen-bond donors (Lipinski definition) is 0. The number of thiazole rings is 2. The molecular weight excluding hydrogens is 348 g/mol. The molecule has 0 bridgehead atoms. The van der Waals surface area contributed by atoms with Crippen molar-refractivity contribution in [1.82, 2.24) is 29.9 Å². The van der Waals surface area contributed by atoms with Crippen molar-refractivity contribution in [2.45, 2.75) is 0 Å². The fraction of sp³-hybridized carbons (Fsp3) is 0. The van der Waals surface area contributed by atoms with Crippen LogP contribution in [0, 0.1) is 0 Å². The molecule has 0 aliphatic carbocycles. The van der Waals surface area contributed by atoms with Crippen LogP contribution in [0.5, 0.6) is 0 Å². The van der Waals surface area contributed by atoms with Gasteiger partial charge < -0.3 is 8.83 Å². The largest absolute Gasteiger partial charge is 0.425 e. The number of nitrogens with zero attached hydrogens (tertiary/aromatic N) is 6. The third kappa shape index (κ3) is 1.66. The lowest BCUT2D eigenvalue weighted by molar-refractivity contribution is 0.578. The van der Waals surface area contributed by atoms with Crippen LogP contribution in [-0.4, -0.2) is 29.9 Å². The van der Waals surface area contributed by atoms with Crippen molar-refractivity contribution >= 4 is 65.8 Å². The quantitative estimate of drug-likeness (QED) is 0.442. The number of hydrogen-bond acceptors (Lipinski definition) is 10. The Hall–Kier alpha value is -2.98. The Morgan fingerprint density at radius 1 is 0.833 bits per heavy atom. The minimum atomic E-state index is 0.393. The Morgan fingerprint density at radius 2 is 1.83 bits per heavy atom. The summed E-state index contributed by atoms with van der Waals surface area (Å²) < 4.78 is 12.9. The molecule has 6 rings (SSSR count). The zero-order valence-corrected chi connectivity index (χ0v) is 13.3. The summed E-state index contributed by atoms with van der Waals surface area (Å²) in [6.07, 6.45) is 1.34. The number of rotatable bonds is 1. The molecule has 0 saturated heterocycles. The van der Waals surface area contributed by atoms with Crippen LogP contribution in [0.3, 0.4) is 0 Å². The first kappa shape index (κ1) is 12.4. The molecule has 0 aromatic carbocycles. The molecule has 6 aromatic rings. The Kier molecular flexibility index (Phi) is 2.23. The molecule has 10 heteroatoms. The van der Waals surface area contributed by atoms with Crippen molar-refractivity contribution < 1.29 is 8.83 Å². The lowest BCUT2D eigenvalue weighted by Crippen LogP contribution is -1.79. The highest BCUT2D eigenvalue weighted by Crippen LogP contribution is 2.33. The van der Waals surface area contributed by atoms with E-state index in [4.69, 9.17) is 8.83 Å². The molecule has 6 heterocycles. The molecule has 114 valence electrons. The molecule has 0 aliphatic heterocycles. The third-order valence-electron chi connectivity index (χ3n) is 3.55. The number of oxazole rings is 2. The predicted octanol–water partition coefficient (Wildman–Crippen LogP) is 3.65. The first-order valence-electron chi connectivity index (χ1n) is 6.85. The summed E-state index contributed by atoms with van der Waals surface area (Å²) >= 11 is 3.02. The van der Waals surface area contributed by atoms with E-state index >= 15 is 0 Å². The zero-order valence-electron chi connectivity index (χ0n) is 11.6. The van der Waals surface area contributed by atoms with Gasteiger partial charge in [-0.1, -0.05) is 0 Å². The summed E-state index contributed by atoms with van der Waals surface area (Å²) in [4.78, 5) is 26.0. The van der Waals surface area contributed by atoms with Gasteiger partial charge in [-0.25, -0.2) is 24.9 Å². The van der Waals surface area contributed by atoms with Crippen LogP contribution in [0.25, 0.3) is 54.1 Å². The maximum atomic E-state index is 5.74. The van der Waals surface area contributed by atoms with E-state index < -0.39 is 0 Å². The fourth-order valence-electron chi connectivity index (χ4n) is 2.48. The molecule has 0 unspecified atom stereocenters. The Labute approximate surface area is 139 Å². The molecule has 0 saturated carbocycles. The van der Waals surface area contributed by atoms with Gasteiger partial charge in [0.15, 0.2) is 22.7 Å². The molecule has 24 heavy (non-hydrogen) atoms. The van der Waals surface area contributed by atoms with E-state index in [1.54, 1.807) is 22.9 Å². The highest BCUT2D eigenvalue weighted by molar-refractivity contribution is 7.22. The van der Waals surface area contributed by atoms with E-state index in [1.165, 1.54) is 17.7 Å². The van der Waals surface area contributed by atoms with Gasteiger partial charge in [0.05, 0.1) is 14.9 Å². The molecular formula is C14H4N6O2S2. The van der Waals surface area contributed by atoms with Crippen molar-refractivity contribution in [3.05, 3.63) is 24.0 Å². The average Bonchev–Trinajstić information content (AvgIpc) is 3.33. The fourth-order valence-corrected chi connectivity index (χ4v) is 4.09. The van der Waals surface area contributed by atoms with E-state index in [2.05, 4.69) is 29.9 Å². The van der Waals surface area contributed by atoms with E-state index in [9.17, 15) is 0 Å². The van der Waals surface area contributed by atoms with Crippen LogP contribution in [0.1, 0.15) is 0 Å². The minimum absolute atomic E-state index is 0.393. The number of fused-ring (bicyclic) bond motifs is 4. The standard InChI is InChI=1S/C14H4N6O2S2/c1-5-11(21-3-15-5)20-12-6(1)17-13(22-12)14-19-10-8(24-14)2-7-9(18-10)16-4-23-7/h1-4H. The minimum Gasteiger partial charge on any atom is -0.425 e. The topological polar surface area (TPSA) is 104 Å². The lowest BCUT2D eigenvalue weighted by Gasteiger charge is -1.85. The van der Waals surface area contributed by atoms with Crippen LogP contribution >= 0.6 is 22.7 Å². The summed E-state index contributed by atoms with van der Waals surface area (Å²) in [5.41, 5.74) is 5.18. The Bertz CT molecular complexity index is 1180.